The average Bonchev–Trinajstić information content (AvgIpc) is 2.42. The van der Waals surface area contributed by atoms with Crippen molar-refractivity contribution in [3.63, 3.8) is 0 Å². The standard InChI is InChI=1S/C14H21NO2S/c1-5-18-10-11(2)15(3)14(16)12-8-6-7-9-13(12)17-4/h6-9,11H,5,10H2,1-4H3/t11-/m1/s1. The monoisotopic (exact) mass is 267 g/mol. The van der Waals surface area contributed by atoms with Crippen LogP contribution in [0.5, 0.6) is 5.75 Å². The van der Waals surface area contributed by atoms with Crippen molar-refractivity contribution in [3.8, 4) is 5.75 Å². The molecule has 0 aliphatic heterocycles. The van der Waals surface area contributed by atoms with E-state index in [1.54, 1.807) is 18.1 Å². The van der Waals surface area contributed by atoms with E-state index in [0.717, 1.165) is 11.5 Å². The number of carbonyl (C=O) groups is 1. The van der Waals surface area contributed by atoms with Crippen molar-refractivity contribution >= 4 is 17.7 Å². The normalized spacial score (nSPS) is 12.0. The molecule has 3 nitrogen and oxygen atoms in total. The van der Waals surface area contributed by atoms with E-state index in [-0.39, 0.29) is 11.9 Å². The first-order valence-electron chi connectivity index (χ1n) is 6.09. The van der Waals surface area contributed by atoms with Crippen LogP contribution < -0.4 is 4.74 Å². The largest absolute Gasteiger partial charge is 0.496 e. The third-order valence-electron chi connectivity index (χ3n) is 2.88. The lowest BCUT2D eigenvalue weighted by Gasteiger charge is -2.25. The predicted molar refractivity (Wildman–Crippen MR) is 77.5 cm³/mol. The van der Waals surface area contributed by atoms with Crippen LogP contribution in [-0.2, 0) is 0 Å². The fourth-order valence-electron chi connectivity index (χ4n) is 1.61. The molecule has 1 atom stereocenters. The maximum atomic E-state index is 12.4. The van der Waals surface area contributed by atoms with Crippen LogP contribution in [0.25, 0.3) is 0 Å². The highest BCUT2D eigenvalue weighted by atomic mass is 32.2. The summed E-state index contributed by atoms with van der Waals surface area (Å²) in [6.07, 6.45) is 0. The van der Waals surface area contributed by atoms with Crippen LogP contribution >= 0.6 is 11.8 Å². The Morgan fingerprint density at radius 1 is 1.44 bits per heavy atom. The average molecular weight is 267 g/mol. The van der Waals surface area contributed by atoms with Crippen molar-refractivity contribution in [2.75, 3.05) is 25.7 Å². The highest BCUT2D eigenvalue weighted by Gasteiger charge is 2.20. The number of para-hydroxylation sites is 1. The van der Waals surface area contributed by atoms with Crippen LogP contribution in [0.3, 0.4) is 0 Å². The summed E-state index contributed by atoms with van der Waals surface area (Å²) in [5.41, 5.74) is 0.621. The van der Waals surface area contributed by atoms with E-state index in [0.29, 0.717) is 11.3 Å². The summed E-state index contributed by atoms with van der Waals surface area (Å²) in [6, 6.07) is 7.55. The van der Waals surface area contributed by atoms with Gasteiger partial charge in [-0.15, -0.1) is 0 Å². The highest BCUT2D eigenvalue weighted by molar-refractivity contribution is 7.99. The number of hydrogen-bond donors (Lipinski definition) is 0. The van der Waals surface area contributed by atoms with E-state index in [1.165, 1.54) is 0 Å². The Hall–Kier alpha value is -1.16. The molecule has 100 valence electrons. The predicted octanol–water partition coefficient (Wildman–Crippen LogP) is 2.91. The van der Waals surface area contributed by atoms with Gasteiger partial charge in [0.1, 0.15) is 5.75 Å². The second kappa shape index (κ2) is 7.31. The van der Waals surface area contributed by atoms with Crippen LogP contribution in [0.1, 0.15) is 24.2 Å². The number of hydrogen-bond acceptors (Lipinski definition) is 3. The lowest BCUT2D eigenvalue weighted by atomic mass is 10.1. The van der Waals surface area contributed by atoms with Gasteiger partial charge in [0.25, 0.3) is 5.91 Å². The van der Waals surface area contributed by atoms with Gasteiger partial charge in [-0.1, -0.05) is 19.1 Å². The SMILES string of the molecule is CCSC[C@@H](C)N(C)C(=O)c1ccccc1OC. The number of thioether (sulfide) groups is 1. The number of methoxy groups -OCH3 is 1. The number of rotatable bonds is 6. The number of nitrogens with zero attached hydrogens (tertiary/aromatic N) is 1. The van der Waals surface area contributed by atoms with Gasteiger partial charge >= 0.3 is 0 Å². The Bertz CT molecular complexity index is 395. The molecular formula is C14H21NO2S. The van der Waals surface area contributed by atoms with Gasteiger partial charge in [0.05, 0.1) is 12.7 Å². The molecule has 0 heterocycles. The molecule has 0 spiro atoms. The molecule has 0 saturated heterocycles. The minimum Gasteiger partial charge on any atom is -0.496 e. The molecule has 1 rings (SSSR count). The van der Waals surface area contributed by atoms with Crippen LogP contribution in [0, 0.1) is 0 Å². The van der Waals surface area contributed by atoms with Gasteiger partial charge in [0, 0.05) is 18.8 Å². The Morgan fingerprint density at radius 2 is 2.11 bits per heavy atom. The van der Waals surface area contributed by atoms with Crippen molar-refractivity contribution < 1.29 is 9.53 Å². The molecule has 18 heavy (non-hydrogen) atoms. The maximum Gasteiger partial charge on any atom is 0.257 e. The molecule has 1 aromatic rings. The topological polar surface area (TPSA) is 29.5 Å². The van der Waals surface area contributed by atoms with Gasteiger partial charge in [0.2, 0.25) is 0 Å². The molecular weight excluding hydrogens is 246 g/mol. The molecule has 1 aromatic carbocycles. The molecule has 0 N–H and O–H groups in total. The van der Waals surface area contributed by atoms with E-state index in [2.05, 4.69) is 13.8 Å². The summed E-state index contributed by atoms with van der Waals surface area (Å²) in [5, 5.41) is 0. The van der Waals surface area contributed by atoms with E-state index in [1.807, 2.05) is 37.0 Å². The number of ether oxygens (including phenoxy) is 1. The lowest BCUT2D eigenvalue weighted by Crippen LogP contribution is -2.36. The minimum atomic E-state index is 0.0108. The summed E-state index contributed by atoms with van der Waals surface area (Å²) in [7, 11) is 3.43. The zero-order valence-electron chi connectivity index (χ0n) is 11.5. The van der Waals surface area contributed by atoms with Gasteiger partial charge in [-0.2, -0.15) is 11.8 Å². The van der Waals surface area contributed by atoms with Gasteiger partial charge in [-0.05, 0) is 24.8 Å². The highest BCUT2D eigenvalue weighted by Crippen LogP contribution is 2.20. The number of amides is 1. The quantitative estimate of drug-likeness (QED) is 0.793. The third-order valence-corrected chi connectivity index (χ3v) is 4.01. The van der Waals surface area contributed by atoms with Crippen LogP contribution in [-0.4, -0.2) is 42.5 Å². The molecule has 0 aliphatic rings. The van der Waals surface area contributed by atoms with Gasteiger partial charge in [0.15, 0.2) is 0 Å². The Labute approximate surface area is 114 Å². The van der Waals surface area contributed by atoms with Crippen molar-refractivity contribution in [1.29, 1.82) is 0 Å². The molecule has 0 saturated carbocycles. The Morgan fingerprint density at radius 3 is 2.72 bits per heavy atom. The molecule has 0 fully saturated rings. The molecule has 0 radical (unpaired) electrons. The minimum absolute atomic E-state index is 0.0108. The van der Waals surface area contributed by atoms with Crippen molar-refractivity contribution in [3.05, 3.63) is 29.8 Å². The third kappa shape index (κ3) is 3.67. The van der Waals surface area contributed by atoms with Gasteiger partial charge in [-0.25, -0.2) is 0 Å². The van der Waals surface area contributed by atoms with E-state index < -0.39 is 0 Å². The van der Waals surface area contributed by atoms with E-state index in [9.17, 15) is 4.79 Å². The summed E-state index contributed by atoms with van der Waals surface area (Å²) < 4.78 is 5.22. The lowest BCUT2D eigenvalue weighted by molar-refractivity contribution is 0.0754. The molecule has 1 amide bonds. The summed E-state index contributed by atoms with van der Waals surface area (Å²) in [5.74, 6) is 2.66. The molecule has 0 bridgehead atoms. The Balaban J connectivity index is 2.79. The second-order valence-electron chi connectivity index (χ2n) is 4.12. The van der Waals surface area contributed by atoms with Crippen molar-refractivity contribution in [1.82, 2.24) is 4.90 Å². The van der Waals surface area contributed by atoms with Crippen molar-refractivity contribution in [2.45, 2.75) is 19.9 Å². The zero-order chi connectivity index (χ0) is 13.5. The fraction of sp³-hybridized carbons (Fsp3) is 0.500. The second-order valence-corrected chi connectivity index (χ2v) is 5.44. The molecule has 0 unspecified atom stereocenters. The number of carbonyl (C=O) groups excluding carboxylic acids is 1. The first-order valence-corrected chi connectivity index (χ1v) is 7.25. The molecule has 0 aliphatic carbocycles. The summed E-state index contributed by atoms with van der Waals surface area (Å²) in [4.78, 5) is 14.1. The zero-order valence-corrected chi connectivity index (χ0v) is 12.3. The van der Waals surface area contributed by atoms with Crippen LogP contribution in [0.2, 0.25) is 0 Å². The first-order chi connectivity index (χ1) is 8.61. The van der Waals surface area contributed by atoms with E-state index >= 15 is 0 Å². The summed E-state index contributed by atoms with van der Waals surface area (Å²) in [6.45, 7) is 4.19. The van der Waals surface area contributed by atoms with Crippen LogP contribution in [0.4, 0.5) is 0 Å². The summed E-state index contributed by atoms with van der Waals surface area (Å²) >= 11 is 1.84. The number of benzene rings is 1. The van der Waals surface area contributed by atoms with Gasteiger partial charge in [-0.3, -0.25) is 4.79 Å². The maximum absolute atomic E-state index is 12.4. The van der Waals surface area contributed by atoms with Crippen molar-refractivity contribution in [2.24, 2.45) is 0 Å². The first kappa shape index (κ1) is 14.9. The smallest absolute Gasteiger partial charge is 0.257 e. The van der Waals surface area contributed by atoms with E-state index in [4.69, 9.17) is 4.74 Å². The van der Waals surface area contributed by atoms with Crippen LogP contribution in [0.15, 0.2) is 24.3 Å². The Kier molecular flexibility index (Phi) is 6.05. The van der Waals surface area contributed by atoms with Gasteiger partial charge < -0.3 is 9.64 Å². The molecule has 4 heteroatoms. The fourth-order valence-corrected chi connectivity index (χ4v) is 2.41. The molecule has 0 aromatic heterocycles.